The van der Waals surface area contributed by atoms with E-state index in [4.69, 9.17) is 5.84 Å². The third-order valence-corrected chi connectivity index (χ3v) is 3.07. The van der Waals surface area contributed by atoms with Crippen molar-refractivity contribution in [2.75, 3.05) is 0 Å². The molecule has 0 aromatic rings. The first-order valence-electron chi connectivity index (χ1n) is 5.00. The maximum atomic E-state index is 5.54. The molecule has 0 saturated carbocycles. The lowest BCUT2D eigenvalue weighted by Crippen LogP contribution is -2.45. The molecule has 0 heterocycles. The first-order valence-corrected chi connectivity index (χ1v) is 5.00. The Morgan fingerprint density at radius 3 is 1.92 bits per heavy atom. The molecule has 0 saturated heterocycles. The lowest BCUT2D eigenvalue weighted by Gasteiger charge is -2.30. The Labute approximate surface area is 76.9 Å². The van der Waals surface area contributed by atoms with E-state index in [0.29, 0.717) is 23.8 Å². The Balaban J connectivity index is 4.13. The van der Waals surface area contributed by atoms with E-state index in [0.717, 1.165) is 0 Å². The SMILES string of the molecule is CCC(C)C(NN)C(C)C(C)C. The van der Waals surface area contributed by atoms with Gasteiger partial charge in [0.2, 0.25) is 0 Å². The van der Waals surface area contributed by atoms with Crippen LogP contribution in [0.15, 0.2) is 0 Å². The maximum absolute atomic E-state index is 5.54. The highest BCUT2D eigenvalue weighted by molar-refractivity contribution is 4.77. The fraction of sp³-hybridized carbons (Fsp3) is 1.00. The summed E-state index contributed by atoms with van der Waals surface area (Å²) in [5, 5.41) is 0. The summed E-state index contributed by atoms with van der Waals surface area (Å²) in [6, 6.07) is 0.454. The maximum Gasteiger partial charge on any atom is 0.0264 e. The van der Waals surface area contributed by atoms with Crippen molar-refractivity contribution in [2.45, 2.75) is 47.1 Å². The lowest BCUT2D eigenvalue weighted by molar-refractivity contribution is 0.231. The van der Waals surface area contributed by atoms with Crippen molar-refractivity contribution in [3.63, 3.8) is 0 Å². The third-order valence-electron chi connectivity index (χ3n) is 3.07. The van der Waals surface area contributed by atoms with Gasteiger partial charge in [0.1, 0.15) is 0 Å². The molecule has 0 spiro atoms. The van der Waals surface area contributed by atoms with Crippen LogP contribution in [0.4, 0.5) is 0 Å². The minimum atomic E-state index is 0.454. The Morgan fingerprint density at radius 1 is 1.17 bits per heavy atom. The van der Waals surface area contributed by atoms with Gasteiger partial charge in [0.15, 0.2) is 0 Å². The van der Waals surface area contributed by atoms with Crippen LogP contribution < -0.4 is 11.3 Å². The van der Waals surface area contributed by atoms with Crippen LogP contribution >= 0.6 is 0 Å². The summed E-state index contributed by atoms with van der Waals surface area (Å²) in [7, 11) is 0. The fourth-order valence-electron chi connectivity index (χ4n) is 1.50. The number of nitrogens with two attached hydrogens (primary N) is 1. The molecular weight excluding hydrogens is 148 g/mol. The molecule has 2 nitrogen and oxygen atoms in total. The summed E-state index contributed by atoms with van der Waals surface area (Å²) >= 11 is 0. The molecule has 0 amide bonds. The highest BCUT2D eigenvalue weighted by atomic mass is 15.2. The molecule has 0 fully saturated rings. The smallest absolute Gasteiger partial charge is 0.0264 e. The molecule has 3 N–H and O–H groups in total. The fourth-order valence-corrected chi connectivity index (χ4v) is 1.50. The van der Waals surface area contributed by atoms with Crippen LogP contribution in [0.5, 0.6) is 0 Å². The molecule has 0 radical (unpaired) electrons. The second kappa shape index (κ2) is 5.55. The summed E-state index contributed by atoms with van der Waals surface area (Å²) in [5.41, 5.74) is 2.93. The largest absolute Gasteiger partial charge is 0.271 e. The Morgan fingerprint density at radius 2 is 1.67 bits per heavy atom. The molecule has 0 rings (SSSR count). The molecule has 3 atom stereocenters. The van der Waals surface area contributed by atoms with Gasteiger partial charge in [0.25, 0.3) is 0 Å². The van der Waals surface area contributed by atoms with E-state index in [1.807, 2.05) is 0 Å². The molecule has 0 aromatic carbocycles. The van der Waals surface area contributed by atoms with Crippen molar-refractivity contribution < 1.29 is 0 Å². The predicted molar refractivity (Wildman–Crippen MR) is 54.6 cm³/mol. The number of rotatable bonds is 5. The average molecular weight is 172 g/mol. The van der Waals surface area contributed by atoms with Gasteiger partial charge in [-0.05, 0) is 17.8 Å². The van der Waals surface area contributed by atoms with E-state index in [-0.39, 0.29) is 0 Å². The number of hydrogen-bond acceptors (Lipinski definition) is 2. The van der Waals surface area contributed by atoms with Gasteiger partial charge in [-0.25, -0.2) is 0 Å². The van der Waals surface area contributed by atoms with Gasteiger partial charge in [-0.1, -0.05) is 41.0 Å². The van der Waals surface area contributed by atoms with Gasteiger partial charge in [-0.15, -0.1) is 0 Å². The highest BCUT2D eigenvalue weighted by Gasteiger charge is 2.23. The van der Waals surface area contributed by atoms with Crippen LogP contribution in [-0.2, 0) is 0 Å². The van der Waals surface area contributed by atoms with E-state index in [2.05, 4.69) is 40.0 Å². The minimum Gasteiger partial charge on any atom is -0.271 e. The molecule has 74 valence electrons. The van der Waals surface area contributed by atoms with Crippen LogP contribution in [0, 0.1) is 17.8 Å². The number of nitrogens with one attached hydrogen (secondary N) is 1. The zero-order chi connectivity index (χ0) is 9.72. The van der Waals surface area contributed by atoms with Crippen molar-refractivity contribution in [1.82, 2.24) is 5.43 Å². The van der Waals surface area contributed by atoms with Crippen molar-refractivity contribution in [3.8, 4) is 0 Å². The van der Waals surface area contributed by atoms with Crippen molar-refractivity contribution in [2.24, 2.45) is 23.6 Å². The van der Waals surface area contributed by atoms with Gasteiger partial charge < -0.3 is 0 Å². The van der Waals surface area contributed by atoms with E-state index in [1.54, 1.807) is 0 Å². The van der Waals surface area contributed by atoms with E-state index in [9.17, 15) is 0 Å². The summed E-state index contributed by atoms with van der Waals surface area (Å²) in [6.45, 7) is 11.2. The predicted octanol–water partition coefficient (Wildman–Crippen LogP) is 2.16. The van der Waals surface area contributed by atoms with Gasteiger partial charge in [0, 0.05) is 6.04 Å². The van der Waals surface area contributed by atoms with Crippen molar-refractivity contribution in [1.29, 1.82) is 0 Å². The third kappa shape index (κ3) is 3.11. The molecule has 0 aromatic heterocycles. The quantitative estimate of drug-likeness (QED) is 0.492. The lowest BCUT2D eigenvalue weighted by atomic mass is 9.83. The average Bonchev–Trinajstić information content (AvgIpc) is 2.05. The monoisotopic (exact) mass is 172 g/mol. The van der Waals surface area contributed by atoms with Crippen molar-refractivity contribution >= 4 is 0 Å². The second-order valence-electron chi connectivity index (χ2n) is 4.18. The van der Waals surface area contributed by atoms with Crippen LogP contribution in [0.3, 0.4) is 0 Å². The minimum absolute atomic E-state index is 0.454. The van der Waals surface area contributed by atoms with E-state index >= 15 is 0 Å². The highest BCUT2D eigenvalue weighted by Crippen LogP contribution is 2.21. The van der Waals surface area contributed by atoms with Crippen LogP contribution in [0.1, 0.15) is 41.0 Å². The summed E-state index contributed by atoms with van der Waals surface area (Å²) in [6.07, 6.45) is 1.19. The molecule has 3 unspecified atom stereocenters. The van der Waals surface area contributed by atoms with Crippen LogP contribution in [-0.4, -0.2) is 6.04 Å². The van der Waals surface area contributed by atoms with E-state index < -0.39 is 0 Å². The first-order chi connectivity index (χ1) is 5.54. The standard InChI is InChI=1S/C10H24N2/c1-6-8(4)10(12-11)9(5)7(2)3/h7-10,12H,6,11H2,1-5H3. The summed E-state index contributed by atoms with van der Waals surface area (Å²) < 4.78 is 0. The molecule has 0 bridgehead atoms. The van der Waals surface area contributed by atoms with Crippen LogP contribution in [0.2, 0.25) is 0 Å². The van der Waals surface area contributed by atoms with Crippen molar-refractivity contribution in [3.05, 3.63) is 0 Å². The Kier molecular flexibility index (Phi) is 5.51. The molecular formula is C10H24N2. The zero-order valence-electron chi connectivity index (χ0n) is 9.09. The Bertz CT molecular complexity index is 112. The number of hydrogen-bond donors (Lipinski definition) is 2. The summed E-state index contributed by atoms with van der Waals surface area (Å²) in [4.78, 5) is 0. The van der Waals surface area contributed by atoms with Crippen LogP contribution in [0.25, 0.3) is 0 Å². The molecule has 0 aliphatic heterocycles. The molecule has 0 aliphatic carbocycles. The van der Waals surface area contributed by atoms with Gasteiger partial charge >= 0.3 is 0 Å². The molecule has 2 heteroatoms. The van der Waals surface area contributed by atoms with Gasteiger partial charge in [0.05, 0.1) is 0 Å². The molecule has 0 aliphatic rings. The number of hydrazine groups is 1. The van der Waals surface area contributed by atoms with Gasteiger partial charge in [-0.3, -0.25) is 11.3 Å². The van der Waals surface area contributed by atoms with E-state index in [1.165, 1.54) is 6.42 Å². The molecule has 12 heavy (non-hydrogen) atoms. The second-order valence-corrected chi connectivity index (χ2v) is 4.18. The Hall–Kier alpha value is -0.0800. The first kappa shape index (κ1) is 11.9. The van der Waals surface area contributed by atoms with Gasteiger partial charge in [-0.2, -0.15) is 0 Å². The topological polar surface area (TPSA) is 38.0 Å². The zero-order valence-corrected chi connectivity index (χ0v) is 9.09. The normalized spacial score (nSPS) is 19.2. The summed E-state index contributed by atoms with van der Waals surface area (Å²) in [5.74, 6) is 7.54.